The number of nitrogens with zero attached hydrogens (tertiary/aromatic N) is 2. The molecule has 4 aromatic rings. The van der Waals surface area contributed by atoms with Gasteiger partial charge in [-0.05, 0) is 59.4 Å². The summed E-state index contributed by atoms with van der Waals surface area (Å²) in [5.74, 6) is 1.25. The summed E-state index contributed by atoms with van der Waals surface area (Å²) in [7, 11) is 3.23. The maximum atomic E-state index is 13.9. The Bertz CT molecular complexity index is 1770. The maximum absolute atomic E-state index is 13.9. The van der Waals surface area contributed by atoms with Crippen LogP contribution in [0.1, 0.15) is 34.7 Å². The molecule has 0 saturated carbocycles. The number of allylic oxidation sites excluding steroid dienone is 1. The van der Waals surface area contributed by atoms with Crippen LogP contribution in [-0.2, 0) is 6.42 Å². The predicted octanol–water partition coefficient (Wildman–Crippen LogP) is 5.64. The molecule has 1 atom stereocenters. The third-order valence-electron chi connectivity index (χ3n) is 6.86. The molecule has 2 heterocycles. The van der Waals surface area contributed by atoms with Gasteiger partial charge >= 0.3 is 0 Å². The van der Waals surface area contributed by atoms with Crippen LogP contribution in [0.15, 0.2) is 76.0 Å². The predicted molar refractivity (Wildman–Crippen MR) is 149 cm³/mol. The summed E-state index contributed by atoms with van der Waals surface area (Å²) in [4.78, 5) is 19.6. The van der Waals surface area contributed by atoms with Gasteiger partial charge in [0.2, 0.25) is 0 Å². The van der Waals surface area contributed by atoms with Crippen LogP contribution in [0.4, 0.5) is 0 Å². The van der Waals surface area contributed by atoms with Gasteiger partial charge in [0.15, 0.2) is 16.3 Å². The number of methoxy groups -OCH3 is 2. The number of halogens is 2. The highest BCUT2D eigenvalue weighted by atomic mass is 35.5. The topological polar surface area (TPSA) is 52.8 Å². The molecule has 8 heteroatoms. The third-order valence-corrected chi connectivity index (χ3v) is 8.68. The van der Waals surface area contributed by atoms with Crippen molar-refractivity contribution in [1.29, 1.82) is 0 Å². The molecule has 1 aliphatic heterocycles. The quantitative estimate of drug-likeness (QED) is 0.331. The molecule has 0 N–H and O–H groups in total. The normalized spacial score (nSPS) is 16.5. The lowest BCUT2D eigenvalue weighted by molar-refractivity contribution is 0.354. The van der Waals surface area contributed by atoms with Crippen LogP contribution in [0.25, 0.3) is 11.8 Å². The highest BCUT2D eigenvalue weighted by Gasteiger charge is 2.33. The number of aromatic nitrogens is 1. The molecule has 0 bridgehead atoms. The van der Waals surface area contributed by atoms with Crippen molar-refractivity contribution < 1.29 is 9.47 Å². The molecule has 6 rings (SSSR count). The van der Waals surface area contributed by atoms with Crippen molar-refractivity contribution in [3.8, 4) is 11.5 Å². The smallest absolute Gasteiger partial charge is 0.271 e. The summed E-state index contributed by atoms with van der Waals surface area (Å²) in [5, 5.41) is 0.859. The molecule has 3 aromatic carbocycles. The van der Waals surface area contributed by atoms with Crippen molar-refractivity contribution >= 4 is 46.3 Å². The first-order valence-corrected chi connectivity index (χ1v) is 13.4. The second kappa shape index (κ2) is 9.53. The first-order valence-electron chi connectivity index (χ1n) is 11.8. The first-order chi connectivity index (χ1) is 18.0. The molecular formula is C29H22Cl2N2O3S. The molecule has 2 aliphatic rings. The molecule has 5 nitrogen and oxygen atoms in total. The Hall–Kier alpha value is -3.32. The summed E-state index contributed by atoms with van der Waals surface area (Å²) in [6.07, 6.45) is 3.48. The molecule has 1 aliphatic carbocycles. The standard InChI is InChI=1S/C29H22Cl2N2O3S/c1-35-22-13-11-18(14-23(22)36-2)27-20-12-10-16-6-3-4-8-19(16)26(20)32-29-33(27)28(34)24(37-29)15-17-7-5-9-21(30)25(17)31/h3-9,11,13-15,27H,10,12H2,1-2H3. The average Bonchev–Trinajstić information content (AvgIpc) is 3.23. The van der Waals surface area contributed by atoms with Crippen molar-refractivity contribution in [2.75, 3.05) is 14.2 Å². The minimum Gasteiger partial charge on any atom is -0.493 e. The van der Waals surface area contributed by atoms with E-state index in [0.29, 0.717) is 36.4 Å². The second-order valence-corrected chi connectivity index (χ2v) is 10.7. The number of hydrogen-bond acceptors (Lipinski definition) is 5. The van der Waals surface area contributed by atoms with E-state index in [2.05, 4.69) is 18.2 Å². The van der Waals surface area contributed by atoms with E-state index < -0.39 is 0 Å². The lowest BCUT2D eigenvalue weighted by atomic mass is 9.83. The van der Waals surface area contributed by atoms with Crippen molar-refractivity contribution in [1.82, 2.24) is 4.57 Å². The lowest BCUT2D eigenvalue weighted by Gasteiger charge is -2.31. The average molecular weight is 549 g/mol. The van der Waals surface area contributed by atoms with E-state index in [4.69, 9.17) is 37.7 Å². The van der Waals surface area contributed by atoms with Gasteiger partial charge in [-0.25, -0.2) is 4.99 Å². The molecule has 37 heavy (non-hydrogen) atoms. The van der Waals surface area contributed by atoms with E-state index in [9.17, 15) is 4.79 Å². The molecule has 0 amide bonds. The van der Waals surface area contributed by atoms with Crippen LogP contribution in [0.3, 0.4) is 0 Å². The zero-order valence-corrected chi connectivity index (χ0v) is 22.5. The van der Waals surface area contributed by atoms with Crippen LogP contribution < -0.4 is 24.4 Å². The van der Waals surface area contributed by atoms with Gasteiger partial charge in [-0.3, -0.25) is 9.36 Å². The minimum atomic E-state index is -0.323. The summed E-state index contributed by atoms with van der Waals surface area (Å²) in [6, 6.07) is 19.2. The van der Waals surface area contributed by atoms with Gasteiger partial charge in [0, 0.05) is 5.56 Å². The zero-order valence-electron chi connectivity index (χ0n) is 20.1. The monoisotopic (exact) mass is 548 g/mol. The SMILES string of the molecule is COc1ccc(C2C3=C(N=c4sc(=Cc5cccc(Cl)c5Cl)c(=O)n42)c2ccccc2CC3)cc1OC. The molecule has 0 fully saturated rings. The molecule has 0 radical (unpaired) electrons. The summed E-state index contributed by atoms with van der Waals surface area (Å²) in [6.45, 7) is 0. The Kier molecular flexibility index (Phi) is 6.19. The van der Waals surface area contributed by atoms with Gasteiger partial charge in [-0.2, -0.15) is 0 Å². The molecule has 186 valence electrons. The number of ether oxygens (including phenoxy) is 2. The molecular weight excluding hydrogens is 527 g/mol. The number of fused-ring (bicyclic) bond motifs is 3. The number of benzene rings is 3. The molecule has 0 spiro atoms. The Morgan fingerprint density at radius 3 is 2.62 bits per heavy atom. The molecule has 1 aromatic heterocycles. The van der Waals surface area contributed by atoms with Gasteiger partial charge in [0.25, 0.3) is 5.56 Å². The van der Waals surface area contributed by atoms with E-state index in [1.807, 2.05) is 36.4 Å². The Morgan fingerprint density at radius 2 is 1.81 bits per heavy atom. The van der Waals surface area contributed by atoms with Gasteiger partial charge < -0.3 is 9.47 Å². The maximum Gasteiger partial charge on any atom is 0.271 e. The summed E-state index contributed by atoms with van der Waals surface area (Å²) < 4.78 is 13.4. The van der Waals surface area contributed by atoms with E-state index >= 15 is 0 Å². The van der Waals surface area contributed by atoms with Crippen molar-refractivity contribution in [2.24, 2.45) is 4.99 Å². The second-order valence-electron chi connectivity index (χ2n) is 8.87. The van der Waals surface area contributed by atoms with Crippen LogP contribution in [0.2, 0.25) is 10.0 Å². The van der Waals surface area contributed by atoms with Gasteiger partial charge in [0.05, 0.1) is 40.5 Å². The van der Waals surface area contributed by atoms with Crippen molar-refractivity contribution in [2.45, 2.75) is 18.9 Å². The van der Waals surface area contributed by atoms with Crippen LogP contribution in [0, 0.1) is 0 Å². The number of thiazole rings is 1. The van der Waals surface area contributed by atoms with E-state index in [0.717, 1.165) is 35.2 Å². The van der Waals surface area contributed by atoms with E-state index in [-0.39, 0.29) is 11.6 Å². The number of rotatable bonds is 4. The van der Waals surface area contributed by atoms with E-state index in [1.54, 1.807) is 30.9 Å². The van der Waals surface area contributed by atoms with Crippen LogP contribution >= 0.6 is 34.5 Å². The zero-order chi connectivity index (χ0) is 25.7. The number of hydrogen-bond donors (Lipinski definition) is 0. The Labute approximate surface area is 227 Å². The molecule has 1 unspecified atom stereocenters. The summed E-state index contributed by atoms with van der Waals surface area (Å²) >= 11 is 14.0. The highest BCUT2D eigenvalue weighted by Crippen LogP contribution is 2.42. The van der Waals surface area contributed by atoms with Gasteiger partial charge in [-0.1, -0.05) is 77.0 Å². The van der Waals surface area contributed by atoms with Crippen LogP contribution in [0.5, 0.6) is 11.5 Å². The largest absolute Gasteiger partial charge is 0.493 e. The first kappa shape index (κ1) is 24.0. The van der Waals surface area contributed by atoms with E-state index in [1.165, 1.54) is 16.9 Å². The van der Waals surface area contributed by atoms with Crippen molar-refractivity contribution in [3.63, 3.8) is 0 Å². The fraction of sp³-hybridized carbons (Fsp3) is 0.172. The Morgan fingerprint density at radius 1 is 1.00 bits per heavy atom. The molecule has 0 saturated heterocycles. The summed E-state index contributed by atoms with van der Waals surface area (Å²) in [5.41, 5.74) is 5.95. The lowest BCUT2D eigenvalue weighted by Crippen LogP contribution is -2.38. The fourth-order valence-electron chi connectivity index (χ4n) is 5.12. The number of aryl methyl sites for hydroxylation is 1. The van der Waals surface area contributed by atoms with Gasteiger partial charge in [0.1, 0.15) is 0 Å². The fourth-order valence-corrected chi connectivity index (χ4v) is 6.47. The minimum absolute atomic E-state index is 0.120. The Balaban J connectivity index is 1.63. The van der Waals surface area contributed by atoms with Gasteiger partial charge in [-0.15, -0.1) is 0 Å². The third kappa shape index (κ3) is 4.00. The van der Waals surface area contributed by atoms with Crippen LogP contribution in [-0.4, -0.2) is 18.8 Å². The highest BCUT2D eigenvalue weighted by molar-refractivity contribution is 7.07. The van der Waals surface area contributed by atoms with Crippen molar-refractivity contribution in [3.05, 3.63) is 118 Å².